The number of benzene rings is 3. The summed E-state index contributed by atoms with van der Waals surface area (Å²) in [7, 11) is 1.50. The number of aromatic amines is 1. The Hall–Kier alpha value is -5.15. The van der Waals surface area contributed by atoms with Crippen LogP contribution in [0.3, 0.4) is 0 Å². The molecule has 2 heterocycles. The first-order chi connectivity index (χ1) is 25.3. The van der Waals surface area contributed by atoms with E-state index >= 15 is 13.2 Å². The lowest BCUT2D eigenvalue weighted by Gasteiger charge is -2.19. The maximum atomic E-state index is 15.6. The molecule has 0 spiro atoms. The molecule has 0 aliphatic heterocycles. The second-order valence-corrected chi connectivity index (χ2v) is 14.4. The van der Waals surface area contributed by atoms with Crippen LogP contribution in [0.1, 0.15) is 55.0 Å². The molecule has 15 heteroatoms. The van der Waals surface area contributed by atoms with Gasteiger partial charge in [0.25, 0.3) is 0 Å². The van der Waals surface area contributed by atoms with Crippen LogP contribution in [0, 0.1) is 23.4 Å². The maximum absolute atomic E-state index is 15.6. The second-order valence-electron chi connectivity index (χ2n) is 13.3. The number of amides is 1. The Balaban J connectivity index is 1.31. The summed E-state index contributed by atoms with van der Waals surface area (Å²) in [6.45, 7) is 7.92. The summed E-state index contributed by atoms with van der Waals surface area (Å²) in [5, 5.41) is 7.25. The number of nitrogens with zero attached hydrogens (tertiary/aromatic N) is 3. The highest BCUT2D eigenvalue weighted by molar-refractivity contribution is 7.98. The third-order valence-corrected chi connectivity index (χ3v) is 8.78. The molecule has 0 fully saturated rings. The van der Waals surface area contributed by atoms with Crippen molar-refractivity contribution in [2.75, 3.05) is 25.5 Å². The highest BCUT2D eigenvalue weighted by Gasteiger charge is 2.25. The Labute approximate surface area is 308 Å². The molecule has 1 atom stereocenters. The van der Waals surface area contributed by atoms with E-state index < -0.39 is 34.9 Å². The van der Waals surface area contributed by atoms with Crippen molar-refractivity contribution in [3.8, 4) is 22.9 Å². The molecule has 0 bridgehead atoms. The van der Waals surface area contributed by atoms with Crippen molar-refractivity contribution in [1.82, 2.24) is 25.1 Å². The van der Waals surface area contributed by atoms with Crippen LogP contribution in [0.2, 0.25) is 0 Å². The monoisotopic (exact) mass is 751 g/mol. The Bertz CT molecular complexity index is 2110. The number of H-pyrrole nitrogens is 1. The second kappa shape index (κ2) is 17.1. The van der Waals surface area contributed by atoms with E-state index in [1.54, 1.807) is 52.0 Å². The van der Waals surface area contributed by atoms with Gasteiger partial charge in [-0.1, -0.05) is 25.1 Å². The number of carbonyl (C=O) groups is 3. The Morgan fingerprint density at radius 1 is 1.08 bits per heavy atom. The number of aryl methyl sites for hydroxylation is 1. The summed E-state index contributed by atoms with van der Waals surface area (Å²) in [4.78, 5) is 43.3. The Morgan fingerprint density at radius 2 is 1.87 bits per heavy atom. The summed E-state index contributed by atoms with van der Waals surface area (Å²) in [6.07, 6.45) is 2.25. The molecular formula is C38H40F3N5O6S. The van der Waals surface area contributed by atoms with Gasteiger partial charge in [-0.3, -0.25) is 4.79 Å². The number of aromatic nitrogens is 4. The van der Waals surface area contributed by atoms with Crippen molar-refractivity contribution in [3.05, 3.63) is 94.7 Å². The molecular weight excluding hydrogens is 712 g/mol. The fourth-order valence-corrected chi connectivity index (χ4v) is 6.28. The molecule has 0 saturated carbocycles. The smallest absolute Gasteiger partial charge is 0.407 e. The van der Waals surface area contributed by atoms with E-state index in [-0.39, 0.29) is 59.1 Å². The number of nitrogens with one attached hydrogen (secondary N) is 2. The zero-order chi connectivity index (χ0) is 38.3. The van der Waals surface area contributed by atoms with Gasteiger partial charge in [-0.25, -0.2) is 23.2 Å². The summed E-state index contributed by atoms with van der Waals surface area (Å²) < 4.78 is 64.1. The average molecular weight is 752 g/mol. The molecule has 0 aliphatic carbocycles. The molecule has 3 aromatic carbocycles. The lowest BCUT2D eigenvalue weighted by Crippen LogP contribution is -2.34. The number of hydrogen-bond acceptors (Lipinski definition) is 9. The molecule has 0 radical (unpaired) electrons. The van der Waals surface area contributed by atoms with Crippen LogP contribution in [0.25, 0.3) is 22.3 Å². The van der Waals surface area contributed by atoms with Crippen molar-refractivity contribution >= 4 is 40.8 Å². The molecule has 1 unspecified atom stereocenters. The molecule has 5 aromatic rings. The number of aldehydes is 1. The van der Waals surface area contributed by atoms with Gasteiger partial charge in [0.15, 0.2) is 17.4 Å². The third kappa shape index (κ3) is 9.84. The van der Waals surface area contributed by atoms with E-state index in [1.165, 1.54) is 41.8 Å². The summed E-state index contributed by atoms with van der Waals surface area (Å²) >= 11 is 1.40. The molecule has 2 N–H and O–H groups in total. The number of hydrogen-bond donors (Lipinski definition) is 2. The van der Waals surface area contributed by atoms with Gasteiger partial charge in [0, 0.05) is 53.7 Å². The molecule has 0 saturated heterocycles. The largest absolute Gasteiger partial charge is 0.454 e. The van der Waals surface area contributed by atoms with Crippen molar-refractivity contribution in [1.29, 1.82) is 0 Å². The molecule has 280 valence electrons. The minimum absolute atomic E-state index is 0.00506. The first-order valence-electron chi connectivity index (χ1n) is 16.8. The normalized spacial score (nSPS) is 12.2. The van der Waals surface area contributed by atoms with Gasteiger partial charge in [-0.2, -0.15) is 16.2 Å². The van der Waals surface area contributed by atoms with E-state index in [0.717, 1.165) is 17.9 Å². The summed E-state index contributed by atoms with van der Waals surface area (Å²) in [5.41, 5.74) is 0.764. The van der Waals surface area contributed by atoms with Crippen LogP contribution in [-0.4, -0.2) is 69.0 Å². The number of rotatable bonds is 16. The summed E-state index contributed by atoms with van der Waals surface area (Å²) in [6, 6.07) is 12.1. The lowest BCUT2D eigenvalue weighted by atomic mass is 9.99. The van der Waals surface area contributed by atoms with E-state index in [9.17, 15) is 14.4 Å². The zero-order valence-corrected chi connectivity index (χ0v) is 30.7. The number of fused-ring (bicyclic) bond motifs is 1. The molecule has 1 amide bonds. The third-order valence-electron chi connectivity index (χ3n) is 7.83. The number of alkyl carbamates (subject to hydrolysis) is 1. The minimum atomic E-state index is -1.22. The lowest BCUT2D eigenvalue weighted by molar-refractivity contribution is -0.110. The minimum Gasteiger partial charge on any atom is -0.454 e. The quantitative estimate of drug-likeness (QED) is 0.0595. The highest BCUT2D eigenvalue weighted by atomic mass is 32.2. The van der Waals surface area contributed by atoms with Gasteiger partial charge >= 0.3 is 6.09 Å². The fraction of sp³-hybridized carbons (Fsp3) is 0.342. The average Bonchev–Trinajstić information content (AvgIpc) is 3.76. The topological polar surface area (TPSA) is 137 Å². The standard InChI is InChI=1S/C38H40F3N5O6S/c1-22(20-47)17-23-7-6-8-24(18-23)33(48)35-44-36(46(5)45-35)27-19-25(9-10-29(27)39)51-34-28(26-11-12-42-32(26)30(40)31(34)41)21-53-16-15-50-14-13-43-37(49)52-38(2,3)4/h6-12,18-20,22,42H,13-17,21H2,1-5H3,(H,43,49). The van der Waals surface area contributed by atoms with Crippen molar-refractivity contribution in [3.63, 3.8) is 0 Å². The number of halogens is 3. The number of carbonyl (C=O) groups excluding carboxylic acids is 3. The first-order valence-corrected chi connectivity index (χ1v) is 18.0. The number of thioether (sulfide) groups is 1. The van der Waals surface area contributed by atoms with Crippen LogP contribution in [0.15, 0.2) is 54.7 Å². The molecule has 5 rings (SSSR count). The predicted molar refractivity (Wildman–Crippen MR) is 195 cm³/mol. The molecule has 2 aromatic heterocycles. The molecule has 11 nitrogen and oxygen atoms in total. The van der Waals surface area contributed by atoms with Crippen LogP contribution in [-0.2, 0) is 33.5 Å². The van der Waals surface area contributed by atoms with E-state index in [4.69, 9.17) is 14.2 Å². The first kappa shape index (κ1) is 39.1. The summed E-state index contributed by atoms with van der Waals surface area (Å²) in [5.74, 6) is -3.60. The van der Waals surface area contributed by atoms with Gasteiger partial charge in [0.05, 0.1) is 24.3 Å². The van der Waals surface area contributed by atoms with Crippen LogP contribution < -0.4 is 10.1 Å². The highest BCUT2D eigenvalue weighted by Crippen LogP contribution is 2.39. The molecule has 53 heavy (non-hydrogen) atoms. The Kier molecular flexibility index (Phi) is 12.6. The molecule has 0 aliphatic rings. The number of ether oxygens (including phenoxy) is 3. The zero-order valence-electron chi connectivity index (χ0n) is 29.9. The van der Waals surface area contributed by atoms with Gasteiger partial charge in [0.2, 0.25) is 17.4 Å². The fourth-order valence-electron chi connectivity index (χ4n) is 5.41. The maximum Gasteiger partial charge on any atom is 0.407 e. The van der Waals surface area contributed by atoms with Gasteiger partial charge < -0.3 is 29.3 Å². The van der Waals surface area contributed by atoms with Crippen LogP contribution in [0.4, 0.5) is 18.0 Å². The van der Waals surface area contributed by atoms with Crippen LogP contribution >= 0.6 is 11.8 Å². The SMILES string of the molecule is CC(C=O)Cc1cccc(C(=O)c2nc(-c3cc(Oc4c(F)c(F)c5[nH]ccc5c4CSCCOCCNC(=O)OC(C)(C)C)ccc3F)n(C)n2)c1. The van der Waals surface area contributed by atoms with Crippen molar-refractivity contribution < 1.29 is 41.8 Å². The van der Waals surface area contributed by atoms with Crippen molar-refractivity contribution in [2.45, 2.75) is 45.5 Å². The van der Waals surface area contributed by atoms with E-state index in [2.05, 4.69) is 20.4 Å². The van der Waals surface area contributed by atoms with E-state index in [0.29, 0.717) is 35.3 Å². The van der Waals surface area contributed by atoms with Crippen LogP contribution in [0.5, 0.6) is 11.5 Å². The van der Waals surface area contributed by atoms with Gasteiger partial charge in [-0.05, 0) is 63.1 Å². The Morgan fingerprint density at radius 3 is 2.62 bits per heavy atom. The van der Waals surface area contributed by atoms with E-state index in [1.807, 2.05) is 6.07 Å². The number of ketones is 1. The van der Waals surface area contributed by atoms with Crippen molar-refractivity contribution in [2.24, 2.45) is 13.0 Å². The van der Waals surface area contributed by atoms with Gasteiger partial charge in [0.1, 0.15) is 23.5 Å². The predicted octanol–water partition coefficient (Wildman–Crippen LogP) is 7.56. The van der Waals surface area contributed by atoms with Gasteiger partial charge in [-0.15, -0.1) is 5.10 Å².